The van der Waals surface area contributed by atoms with Gasteiger partial charge in [0.1, 0.15) is 12.2 Å². The lowest BCUT2D eigenvalue weighted by atomic mass is 9.43. The van der Waals surface area contributed by atoms with Gasteiger partial charge in [-0.05, 0) is 120 Å². The minimum Gasteiger partial charge on any atom is -0.469 e. The summed E-state index contributed by atoms with van der Waals surface area (Å²) in [6.45, 7) is 8.13. The number of fused-ring (bicyclic) bond motifs is 5. The molecule has 1 aromatic carbocycles. The van der Waals surface area contributed by atoms with Crippen LogP contribution < -0.4 is 0 Å². The largest absolute Gasteiger partial charge is 0.469 e. The van der Waals surface area contributed by atoms with E-state index < -0.39 is 6.10 Å². The fraction of sp³-hybridized carbons (Fsp3) is 0.647. The molecule has 4 aliphatic rings. The summed E-state index contributed by atoms with van der Waals surface area (Å²) in [5, 5.41) is 0. The Hall–Kier alpha value is -2.23. The van der Waals surface area contributed by atoms with Crippen molar-refractivity contribution in [1.29, 1.82) is 0 Å². The highest BCUT2D eigenvalue weighted by atomic mass is 127. The summed E-state index contributed by atoms with van der Waals surface area (Å²) in [6.07, 6.45) is 7.20. The third-order valence-corrected chi connectivity index (χ3v) is 11.9. The van der Waals surface area contributed by atoms with Crippen LogP contribution in [-0.2, 0) is 28.6 Å². The number of benzene rings is 1. The monoisotopic (exact) mass is 690 g/mol. The minimum atomic E-state index is -0.416. The van der Waals surface area contributed by atoms with Gasteiger partial charge in [-0.2, -0.15) is 0 Å². The molecule has 0 heterocycles. The van der Waals surface area contributed by atoms with E-state index in [9.17, 15) is 19.2 Å². The predicted octanol–water partition coefficient (Wildman–Crippen LogP) is 6.71. The van der Waals surface area contributed by atoms with Gasteiger partial charge < -0.3 is 14.2 Å². The smallest absolute Gasteiger partial charge is 0.338 e. The van der Waals surface area contributed by atoms with Gasteiger partial charge in [-0.3, -0.25) is 14.4 Å². The van der Waals surface area contributed by atoms with Gasteiger partial charge in [0.15, 0.2) is 5.78 Å². The molecule has 0 spiro atoms. The average molecular weight is 691 g/mol. The maximum absolute atomic E-state index is 14.0. The number of esters is 3. The first-order valence-electron chi connectivity index (χ1n) is 15.3. The summed E-state index contributed by atoms with van der Waals surface area (Å²) in [6, 6.07) is 7.41. The molecule has 0 aromatic heterocycles. The van der Waals surface area contributed by atoms with Crippen LogP contribution in [0.1, 0.15) is 89.4 Å². The number of carbonyl (C=O) groups is 4. The first-order valence-corrected chi connectivity index (χ1v) is 16.4. The van der Waals surface area contributed by atoms with E-state index >= 15 is 0 Å². The zero-order valence-corrected chi connectivity index (χ0v) is 27.5. The summed E-state index contributed by atoms with van der Waals surface area (Å²) >= 11 is 2.19. The zero-order valence-electron chi connectivity index (χ0n) is 25.3. The number of hydrogen-bond donors (Lipinski definition) is 0. The van der Waals surface area contributed by atoms with E-state index in [2.05, 4.69) is 43.4 Å². The maximum Gasteiger partial charge on any atom is 0.338 e. The zero-order chi connectivity index (χ0) is 30.4. The first kappa shape index (κ1) is 31.2. The molecule has 9 atom stereocenters. The number of carbonyl (C=O) groups excluding carboxylic acids is 4. The molecule has 0 saturated heterocycles. The molecular formula is C34H43IO7. The number of methoxy groups -OCH3 is 1. The van der Waals surface area contributed by atoms with Crippen LogP contribution in [0, 0.1) is 44.0 Å². The van der Waals surface area contributed by atoms with E-state index in [-0.39, 0.29) is 70.2 Å². The van der Waals surface area contributed by atoms with E-state index in [0.717, 1.165) is 41.2 Å². The van der Waals surface area contributed by atoms with Crippen molar-refractivity contribution in [2.75, 3.05) is 7.11 Å². The van der Waals surface area contributed by atoms with Gasteiger partial charge >= 0.3 is 17.9 Å². The molecule has 4 aliphatic carbocycles. The van der Waals surface area contributed by atoms with Crippen molar-refractivity contribution in [3.05, 3.63) is 45.0 Å². The van der Waals surface area contributed by atoms with Crippen molar-refractivity contribution >= 4 is 46.3 Å². The number of hydrogen-bond acceptors (Lipinski definition) is 7. The second-order valence-electron chi connectivity index (χ2n) is 13.5. The summed E-state index contributed by atoms with van der Waals surface area (Å²) < 4.78 is 17.9. The minimum absolute atomic E-state index is 0.0345. The van der Waals surface area contributed by atoms with Crippen LogP contribution in [0.15, 0.2) is 35.9 Å². The molecule has 7 nitrogen and oxygen atoms in total. The maximum atomic E-state index is 14.0. The molecule has 0 radical (unpaired) electrons. The van der Waals surface area contributed by atoms with E-state index in [0.29, 0.717) is 24.8 Å². The highest BCUT2D eigenvalue weighted by Gasteiger charge is 2.64. The molecule has 3 saturated carbocycles. The Balaban J connectivity index is 1.47. The second kappa shape index (κ2) is 12.0. The van der Waals surface area contributed by atoms with Crippen molar-refractivity contribution in [3.63, 3.8) is 0 Å². The van der Waals surface area contributed by atoms with Crippen LogP contribution in [0.5, 0.6) is 0 Å². The fourth-order valence-electron chi connectivity index (χ4n) is 9.20. The van der Waals surface area contributed by atoms with Gasteiger partial charge in [0, 0.05) is 28.8 Å². The fourth-order valence-corrected chi connectivity index (χ4v) is 9.74. The van der Waals surface area contributed by atoms with Crippen molar-refractivity contribution in [2.24, 2.45) is 40.4 Å². The molecule has 5 rings (SSSR count). The van der Waals surface area contributed by atoms with E-state index in [1.54, 1.807) is 6.07 Å². The van der Waals surface area contributed by atoms with Crippen LogP contribution in [-0.4, -0.2) is 43.0 Å². The number of rotatable bonds is 7. The van der Waals surface area contributed by atoms with Gasteiger partial charge in [0.25, 0.3) is 0 Å². The van der Waals surface area contributed by atoms with E-state index in [4.69, 9.17) is 14.2 Å². The lowest BCUT2D eigenvalue weighted by Crippen LogP contribution is -2.60. The molecule has 0 bridgehead atoms. The Morgan fingerprint density at radius 1 is 1.10 bits per heavy atom. The highest BCUT2D eigenvalue weighted by molar-refractivity contribution is 14.1. The molecular weight excluding hydrogens is 647 g/mol. The molecule has 3 unspecified atom stereocenters. The summed E-state index contributed by atoms with van der Waals surface area (Å²) in [5.74, 6) is -0.609. The molecule has 0 amide bonds. The Kier molecular flexibility index (Phi) is 8.95. The number of ether oxygens (including phenoxy) is 3. The topological polar surface area (TPSA) is 96.0 Å². The van der Waals surface area contributed by atoms with Crippen LogP contribution >= 0.6 is 22.6 Å². The van der Waals surface area contributed by atoms with E-state index in [1.165, 1.54) is 14.0 Å². The summed E-state index contributed by atoms with van der Waals surface area (Å²) in [4.78, 5) is 51.2. The Bertz CT molecular complexity index is 1290. The molecule has 1 aromatic rings. The molecule has 42 heavy (non-hydrogen) atoms. The van der Waals surface area contributed by atoms with Gasteiger partial charge in [-0.15, -0.1) is 0 Å². The average Bonchev–Trinajstić information content (AvgIpc) is 3.22. The third kappa shape index (κ3) is 5.69. The Morgan fingerprint density at radius 3 is 2.55 bits per heavy atom. The molecule has 0 aliphatic heterocycles. The SMILES string of the molecule is COC(=O)CC[C@@H](C)C1=CC(=O)[C@H]2C3C(CCC12C)[C@@]1(C)CC[C@@H](OC(C)=O)C[C@H]1C[C@H]3OC(=O)c1cccc(I)c1. The second-order valence-corrected chi connectivity index (χ2v) is 14.8. The highest BCUT2D eigenvalue weighted by Crippen LogP contribution is 2.67. The standard InChI is InChI=1S/C34H43IO7/c1-19(9-10-29(38)40-5)26-18-27(37)31-30-25(12-14-34(26,31)4)33(3)13-11-24(41-20(2)36)16-22(33)17-28(30)42-32(39)21-7-6-8-23(35)15-21/h6-8,15,18-19,22,24-25,28,30-31H,9-14,16-17H2,1-5H3/t19-,22+,24-,25?,28-,30?,31+,33+,34?/m1/s1. The van der Waals surface area contributed by atoms with Crippen molar-refractivity contribution in [1.82, 2.24) is 0 Å². The van der Waals surface area contributed by atoms with Gasteiger partial charge in [0.05, 0.1) is 12.7 Å². The molecule has 228 valence electrons. The van der Waals surface area contributed by atoms with Crippen molar-refractivity contribution in [3.8, 4) is 0 Å². The Morgan fingerprint density at radius 2 is 1.86 bits per heavy atom. The van der Waals surface area contributed by atoms with Crippen LogP contribution in [0.4, 0.5) is 0 Å². The molecule has 8 heteroatoms. The number of allylic oxidation sites excluding steroid dienone is 2. The molecule has 3 fully saturated rings. The van der Waals surface area contributed by atoms with Crippen LogP contribution in [0.3, 0.4) is 0 Å². The van der Waals surface area contributed by atoms with E-state index in [1.807, 2.05) is 24.3 Å². The number of ketones is 1. The third-order valence-electron chi connectivity index (χ3n) is 11.2. The first-order chi connectivity index (χ1) is 19.9. The quantitative estimate of drug-likeness (QED) is 0.179. The van der Waals surface area contributed by atoms with Gasteiger partial charge in [-0.1, -0.05) is 32.4 Å². The van der Waals surface area contributed by atoms with Gasteiger partial charge in [-0.25, -0.2) is 4.79 Å². The van der Waals surface area contributed by atoms with Crippen LogP contribution in [0.25, 0.3) is 0 Å². The number of halogens is 1. The Labute approximate surface area is 262 Å². The van der Waals surface area contributed by atoms with Gasteiger partial charge in [0.2, 0.25) is 0 Å². The van der Waals surface area contributed by atoms with Crippen LogP contribution in [0.2, 0.25) is 0 Å². The summed E-state index contributed by atoms with van der Waals surface area (Å²) in [7, 11) is 1.40. The summed E-state index contributed by atoms with van der Waals surface area (Å²) in [5.41, 5.74) is 1.25. The lowest BCUT2D eigenvalue weighted by Gasteiger charge is -2.62. The normalized spacial score (nSPS) is 36.0. The van der Waals surface area contributed by atoms with Crippen molar-refractivity contribution < 1.29 is 33.4 Å². The van der Waals surface area contributed by atoms with Crippen molar-refractivity contribution in [2.45, 2.75) is 91.3 Å². The molecule has 0 N–H and O–H groups in total. The lowest BCUT2D eigenvalue weighted by molar-refractivity contribution is -0.180. The predicted molar refractivity (Wildman–Crippen MR) is 165 cm³/mol.